The molecule has 1 amide bonds. The Hall–Kier alpha value is -2.33. The maximum atomic E-state index is 13.3. The van der Waals surface area contributed by atoms with E-state index in [1.54, 1.807) is 12.1 Å². The molecule has 2 atom stereocenters. The van der Waals surface area contributed by atoms with Gasteiger partial charge < -0.3 is 10.2 Å². The number of nitrogens with zero attached hydrogens (tertiary/aromatic N) is 1. The first-order valence-electron chi connectivity index (χ1n) is 9.41. The average Bonchev–Trinajstić information content (AvgIpc) is 2.71. The van der Waals surface area contributed by atoms with E-state index in [0.29, 0.717) is 37.2 Å². The van der Waals surface area contributed by atoms with Crippen molar-refractivity contribution in [3.63, 3.8) is 0 Å². The van der Waals surface area contributed by atoms with E-state index in [1.165, 1.54) is 24.1 Å². The first-order valence-corrected chi connectivity index (χ1v) is 9.41. The van der Waals surface area contributed by atoms with Gasteiger partial charge in [0.25, 0.3) is 5.91 Å². The molecule has 176 valence electrons. The van der Waals surface area contributed by atoms with Crippen molar-refractivity contribution in [2.24, 2.45) is 0 Å². The van der Waals surface area contributed by atoms with Gasteiger partial charge in [-0.1, -0.05) is 12.1 Å². The zero-order chi connectivity index (χ0) is 23.0. The standard InChI is InChI=1S/C21H19F7N2O.ClH/c1-30(18-6-7-29-11-17(18)12-2-4-16(22)5-3-12)19(31)13-8-14(20(23,24)25)10-15(9-13)21(26,27)28;/h2-5,8-10,17-18,29H,6-7,11H2,1H3;1H/t17-,18+;/m0./s1. The van der Waals surface area contributed by atoms with E-state index in [0.717, 1.165) is 0 Å². The van der Waals surface area contributed by atoms with Crippen LogP contribution in [0.2, 0.25) is 0 Å². The second-order valence-electron chi connectivity index (χ2n) is 7.43. The number of alkyl halides is 6. The van der Waals surface area contributed by atoms with Gasteiger partial charge in [-0.15, -0.1) is 12.4 Å². The van der Waals surface area contributed by atoms with Gasteiger partial charge in [0, 0.05) is 31.1 Å². The predicted molar refractivity (Wildman–Crippen MR) is 106 cm³/mol. The molecule has 1 N–H and O–H groups in total. The zero-order valence-electron chi connectivity index (χ0n) is 16.7. The molecule has 1 fully saturated rings. The van der Waals surface area contributed by atoms with E-state index >= 15 is 0 Å². The Bertz CT molecular complexity index is 912. The van der Waals surface area contributed by atoms with Crippen molar-refractivity contribution in [1.82, 2.24) is 10.2 Å². The molecule has 3 nitrogen and oxygen atoms in total. The molecular formula is C21H20ClF7N2O. The second kappa shape index (κ2) is 9.66. The number of carbonyl (C=O) groups is 1. The molecule has 0 radical (unpaired) electrons. The van der Waals surface area contributed by atoms with Gasteiger partial charge in [0.05, 0.1) is 11.1 Å². The predicted octanol–water partition coefficient (Wildman–Crippen LogP) is 5.50. The molecule has 1 aliphatic heterocycles. The smallest absolute Gasteiger partial charge is 0.338 e. The largest absolute Gasteiger partial charge is 0.416 e. The molecule has 2 aromatic rings. The van der Waals surface area contributed by atoms with E-state index in [1.807, 2.05) is 0 Å². The number of nitrogens with one attached hydrogen (secondary N) is 1. The van der Waals surface area contributed by atoms with Gasteiger partial charge in [0.15, 0.2) is 0 Å². The quantitative estimate of drug-likeness (QED) is 0.583. The van der Waals surface area contributed by atoms with Gasteiger partial charge in [-0.3, -0.25) is 4.79 Å². The van der Waals surface area contributed by atoms with Crippen LogP contribution in [0.3, 0.4) is 0 Å². The molecule has 0 unspecified atom stereocenters. The Balaban J connectivity index is 0.00000363. The summed E-state index contributed by atoms with van der Waals surface area (Å²) in [6, 6.07) is 5.96. The minimum absolute atomic E-state index is 0. The third-order valence-electron chi connectivity index (χ3n) is 5.40. The van der Waals surface area contributed by atoms with E-state index < -0.39 is 46.8 Å². The van der Waals surface area contributed by atoms with Gasteiger partial charge in [0.1, 0.15) is 5.82 Å². The van der Waals surface area contributed by atoms with Crippen molar-refractivity contribution in [3.05, 3.63) is 70.5 Å². The fourth-order valence-electron chi connectivity index (χ4n) is 3.79. The summed E-state index contributed by atoms with van der Waals surface area (Å²) in [5.41, 5.74) is -3.07. The summed E-state index contributed by atoms with van der Waals surface area (Å²) in [6.45, 7) is 0.931. The first kappa shape index (κ1) is 25.9. The highest BCUT2D eigenvalue weighted by atomic mass is 35.5. The lowest BCUT2D eigenvalue weighted by Gasteiger charge is -2.39. The Labute approximate surface area is 186 Å². The van der Waals surface area contributed by atoms with Crippen LogP contribution in [0, 0.1) is 5.82 Å². The van der Waals surface area contributed by atoms with Crippen molar-refractivity contribution in [2.45, 2.75) is 30.7 Å². The van der Waals surface area contributed by atoms with Gasteiger partial charge in [-0.05, 0) is 48.9 Å². The highest BCUT2D eigenvalue weighted by Gasteiger charge is 2.39. The number of piperidine rings is 1. The Morgan fingerprint density at radius 1 is 0.969 bits per heavy atom. The first-order chi connectivity index (χ1) is 14.4. The summed E-state index contributed by atoms with van der Waals surface area (Å²) in [7, 11) is 1.35. The van der Waals surface area contributed by atoms with Gasteiger partial charge in [-0.2, -0.15) is 26.3 Å². The lowest BCUT2D eigenvalue weighted by Crippen LogP contribution is -2.49. The maximum Gasteiger partial charge on any atom is 0.416 e. The van der Waals surface area contributed by atoms with Crippen LogP contribution >= 0.6 is 12.4 Å². The molecule has 1 heterocycles. The summed E-state index contributed by atoms with van der Waals surface area (Å²) in [5.74, 6) is -1.70. The summed E-state index contributed by atoms with van der Waals surface area (Å²) >= 11 is 0. The number of rotatable bonds is 3. The van der Waals surface area contributed by atoms with Crippen LogP contribution in [0.4, 0.5) is 30.7 Å². The van der Waals surface area contributed by atoms with Crippen molar-refractivity contribution in [2.75, 3.05) is 20.1 Å². The normalized spacial score (nSPS) is 19.2. The Morgan fingerprint density at radius 3 is 2.00 bits per heavy atom. The van der Waals surface area contributed by atoms with Gasteiger partial charge in [0.2, 0.25) is 0 Å². The molecule has 2 aromatic carbocycles. The van der Waals surface area contributed by atoms with Crippen molar-refractivity contribution in [3.8, 4) is 0 Å². The second-order valence-corrected chi connectivity index (χ2v) is 7.43. The van der Waals surface area contributed by atoms with Crippen LogP contribution in [-0.2, 0) is 12.4 Å². The van der Waals surface area contributed by atoms with Gasteiger partial charge in [-0.25, -0.2) is 4.39 Å². The monoisotopic (exact) mass is 484 g/mol. The number of benzene rings is 2. The lowest BCUT2D eigenvalue weighted by atomic mass is 9.85. The number of halogens is 8. The SMILES string of the molecule is CN(C(=O)c1cc(C(F)(F)F)cc(C(F)(F)F)c1)[C@@H]1CCNC[C@H]1c1ccc(F)cc1.Cl. The van der Waals surface area contributed by atoms with Gasteiger partial charge >= 0.3 is 12.4 Å². The number of likely N-dealkylation sites (N-methyl/N-ethyl adjacent to an activating group) is 1. The third-order valence-corrected chi connectivity index (χ3v) is 5.40. The van der Waals surface area contributed by atoms with Crippen LogP contribution in [0.15, 0.2) is 42.5 Å². The van der Waals surface area contributed by atoms with E-state index in [9.17, 15) is 35.5 Å². The number of hydrogen-bond donors (Lipinski definition) is 1. The Morgan fingerprint density at radius 2 is 1.50 bits per heavy atom. The molecule has 11 heteroatoms. The summed E-state index contributed by atoms with van der Waals surface area (Å²) in [6.07, 6.45) is -9.66. The van der Waals surface area contributed by atoms with Crippen molar-refractivity contribution < 1.29 is 35.5 Å². The minimum Gasteiger partial charge on any atom is -0.338 e. The number of amides is 1. The molecular weight excluding hydrogens is 465 g/mol. The molecule has 32 heavy (non-hydrogen) atoms. The fraction of sp³-hybridized carbons (Fsp3) is 0.381. The molecule has 0 aliphatic carbocycles. The summed E-state index contributed by atoms with van der Waals surface area (Å²) in [4.78, 5) is 14.1. The topological polar surface area (TPSA) is 32.3 Å². The summed E-state index contributed by atoms with van der Waals surface area (Å²) < 4.78 is 92.1. The van der Waals surface area contributed by atoms with Crippen LogP contribution in [-0.4, -0.2) is 37.0 Å². The molecule has 0 bridgehead atoms. The van der Waals surface area contributed by atoms with Crippen LogP contribution in [0.1, 0.15) is 39.4 Å². The minimum atomic E-state index is -5.04. The van der Waals surface area contributed by atoms with E-state index in [-0.39, 0.29) is 24.4 Å². The van der Waals surface area contributed by atoms with Crippen molar-refractivity contribution in [1.29, 1.82) is 0 Å². The molecule has 1 saturated heterocycles. The molecule has 1 aliphatic rings. The maximum absolute atomic E-state index is 13.3. The number of hydrogen-bond acceptors (Lipinski definition) is 2. The van der Waals surface area contributed by atoms with Crippen LogP contribution < -0.4 is 5.32 Å². The molecule has 0 spiro atoms. The molecule has 3 rings (SSSR count). The third kappa shape index (κ3) is 5.72. The highest BCUT2D eigenvalue weighted by Crippen LogP contribution is 2.37. The van der Waals surface area contributed by atoms with E-state index in [2.05, 4.69) is 5.32 Å². The Kier molecular flexibility index (Phi) is 7.83. The number of carbonyl (C=O) groups excluding carboxylic acids is 1. The molecule has 0 saturated carbocycles. The van der Waals surface area contributed by atoms with E-state index in [4.69, 9.17) is 0 Å². The summed E-state index contributed by atoms with van der Waals surface area (Å²) in [5, 5.41) is 3.14. The average molecular weight is 485 g/mol. The van der Waals surface area contributed by atoms with Crippen molar-refractivity contribution >= 4 is 18.3 Å². The van der Waals surface area contributed by atoms with Crippen LogP contribution in [0.5, 0.6) is 0 Å². The zero-order valence-corrected chi connectivity index (χ0v) is 17.5. The lowest BCUT2D eigenvalue weighted by molar-refractivity contribution is -0.143. The van der Waals surface area contributed by atoms with Crippen LogP contribution in [0.25, 0.3) is 0 Å². The fourth-order valence-corrected chi connectivity index (χ4v) is 3.79. The molecule has 0 aromatic heterocycles. The highest BCUT2D eigenvalue weighted by molar-refractivity contribution is 5.94.